The van der Waals surface area contributed by atoms with E-state index in [-0.39, 0.29) is 19.1 Å². The molecule has 0 atom stereocenters. The van der Waals surface area contributed by atoms with Gasteiger partial charge in [-0.2, -0.15) is 0 Å². The minimum Gasteiger partial charge on any atom is -0.396 e. The van der Waals surface area contributed by atoms with E-state index in [9.17, 15) is 0 Å². The second kappa shape index (κ2) is 15.0. The first kappa shape index (κ1) is 17.9. The zero-order valence-electron chi connectivity index (χ0n) is 12.4. The van der Waals surface area contributed by atoms with Gasteiger partial charge in [-0.3, -0.25) is 0 Å². The SMILES string of the molecule is CCCCCCCCCCCCCC(CO)CO. The van der Waals surface area contributed by atoms with E-state index in [0.717, 1.165) is 12.8 Å². The predicted molar refractivity (Wildman–Crippen MR) is 78.7 cm³/mol. The maximum absolute atomic E-state index is 8.93. The van der Waals surface area contributed by atoms with Crippen LogP contribution in [0.1, 0.15) is 84.0 Å². The summed E-state index contributed by atoms with van der Waals surface area (Å²) >= 11 is 0. The van der Waals surface area contributed by atoms with Gasteiger partial charge in [0.25, 0.3) is 0 Å². The summed E-state index contributed by atoms with van der Waals surface area (Å²) in [7, 11) is 0. The van der Waals surface area contributed by atoms with Gasteiger partial charge in [-0.15, -0.1) is 0 Å². The Bertz CT molecular complexity index is 144. The van der Waals surface area contributed by atoms with E-state index < -0.39 is 0 Å². The van der Waals surface area contributed by atoms with E-state index in [2.05, 4.69) is 6.92 Å². The van der Waals surface area contributed by atoms with Gasteiger partial charge in [0.2, 0.25) is 0 Å². The summed E-state index contributed by atoms with van der Waals surface area (Å²) in [5, 5.41) is 17.9. The minimum atomic E-state index is 0.114. The molecule has 0 rings (SSSR count). The quantitative estimate of drug-likeness (QED) is 0.456. The lowest BCUT2D eigenvalue weighted by molar-refractivity contribution is 0.141. The first-order chi connectivity index (χ1) is 8.85. The normalized spacial score (nSPS) is 11.3. The Labute approximate surface area is 114 Å². The molecular weight excluding hydrogens is 224 g/mol. The fraction of sp³-hybridized carbons (Fsp3) is 1.00. The fourth-order valence-electron chi connectivity index (χ4n) is 2.34. The fourth-order valence-corrected chi connectivity index (χ4v) is 2.34. The molecule has 0 aliphatic rings. The number of aliphatic hydroxyl groups is 2. The molecule has 0 amide bonds. The van der Waals surface area contributed by atoms with Crippen molar-refractivity contribution in [1.82, 2.24) is 0 Å². The average molecular weight is 258 g/mol. The summed E-state index contributed by atoms with van der Waals surface area (Å²) < 4.78 is 0. The second-order valence-electron chi connectivity index (χ2n) is 5.56. The molecule has 0 spiro atoms. The topological polar surface area (TPSA) is 40.5 Å². The van der Waals surface area contributed by atoms with Crippen LogP contribution in [0.2, 0.25) is 0 Å². The Morgan fingerprint density at radius 1 is 0.611 bits per heavy atom. The van der Waals surface area contributed by atoms with Crippen molar-refractivity contribution in [3.63, 3.8) is 0 Å². The van der Waals surface area contributed by atoms with Gasteiger partial charge in [0.1, 0.15) is 0 Å². The summed E-state index contributed by atoms with van der Waals surface area (Å²) in [6.45, 7) is 2.53. The number of rotatable bonds is 14. The van der Waals surface area contributed by atoms with E-state index in [1.165, 1.54) is 64.2 Å². The lowest BCUT2D eigenvalue weighted by atomic mass is 10.0. The highest BCUT2D eigenvalue weighted by molar-refractivity contribution is 4.56. The lowest BCUT2D eigenvalue weighted by Gasteiger charge is -2.09. The van der Waals surface area contributed by atoms with Crippen LogP contribution in [0.5, 0.6) is 0 Å². The van der Waals surface area contributed by atoms with Crippen molar-refractivity contribution in [1.29, 1.82) is 0 Å². The zero-order valence-corrected chi connectivity index (χ0v) is 12.4. The molecule has 0 aliphatic heterocycles. The van der Waals surface area contributed by atoms with Gasteiger partial charge in [-0.05, 0) is 6.42 Å². The molecule has 2 N–H and O–H groups in total. The molecule has 18 heavy (non-hydrogen) atoms. The predicted octanol–water partition coefficient (Wildman–Crippen LogP) is 4.29. The van der Waals surface area contributed by atoms with Gasteiger partial charge in [0, 0.05) is 19.1 Å². The summed E-state index contributed by atoms with van der Waals surface area (Å²) in [5.41, 5.74) is 0. The number of unbranched alkanes of at least 4 members (excludes halogenated alkanes) is 10. The number of hydrogen-bond acceptors (Lipinski definition) is 2. The Kier molecular flexibility index (Phi) is 14.9. The molecule has 0 saturated carbocycles. The molecule has 0 saturated heterocycles. The van der Waals surface area contributed by atoms with E-state index >= 15 is 0 Å². The molecule has 0 aromatic heterocycles. The molecule has 0 aromatic rings. The molecule has 0 aromatic carbocycles. The number of aliphatic hydroxyl groups excluding tert-OH is 2. The second-order valence-corrected chi connectivity index (χ2v) is 5.56. The van der Waals surface area contributed by atoms with Crippen LogP contribution in [0, 0.1) is 5.92 Å². The molecule has 0 bridgehead atoms. The van der Waals surface area contributed by atoms with Crippen molar-refractivity contribution >= 4 is 0 Å². The van der Waals surface area contributed by atoms with Gasteiger partial charge in [0.05, 0.1) is 0 Å². The Balaban J connectivity index is 3.03. The molecule has 2 nitrogen and oxygen atoms in total. The van der Waals surface area contributed by atoms with Crippen molar-refractivity contribution in [2.45, 2.75) is 84.0 Å². The van der Waals surface area contributed by atoms with Crippen LogP contribution in [-0.4, -0.2) is 23.4 Å². The van der Waals surface area contributed by atoms with Gasteiger partial charge in [-0.25, -0.2) is 0 Å². The molecule has 0 heterocycles. The maximum Gasteiger partial charge on any atom is 0.0481 e. The van der Waals surface area contributed by atoms with Gasteiger partial charge in [-0.1, -0.05) is 77.6 Å². The summed E-state index contributed by atoms with van der Waals surface area (Å²) in [6, 6.07) is 0. The summed E-state index contributed by atoms with van der Waals surface area (Å²) in [6.07, 6.45) is 15.8. The van der Waals surface area contributed by atoms with Crippen LogP contribution in [0.15, 0.2) is 0 Å². The van der Waals surface area contributed by atoms with Crippen molar-refractivity contribution in [2.75, 3.05) is 13.2 Å². The third kappa shape index (κ3) is 12.4. The first-order valence-corrected chi connectivity index (χ1v) is 8.06. The highest BCUT2D eigenvalue weighted by Crippen LogP contribution is 2.13. The Morgan fingerprint density at radius 3 is 1.39 bits per heavy atom. The standard InChI is InChI=1S/C16H34O2/c1-2-3-4-5-6-7-8-9-10-11-12-13-16(14-17)15-18/h16-18H,2-15H2,1H3. The van der Waals surface area contributed by atoms with Crippen LogP contribution in [0.25, 0.3) is 0 Å². The van der Waals surface area contributed by atoms with Gasteiger partial charge < -0.3 is 10.2 Å². The average Bonchev–Trinajstić information content (AvgIpc) is 2.40. The van der Waals surface area contributed by atoms with Gasteiger partial charge in [0.15, 0.2) is 0 Å². The molecule has 2 heteroatoms. The Morgan fingerprint density at radius 2 is 1.00 bits per heavy atom. The van der Waals surface area contributed by atoms with Crippen molar-refractivity contribution in [3.05, 3.63) is 0 Å². The highest BCUT2D eigenvalue weighted by atomic mass is 16.3. The smallest absolute Gasteiger partial charge is 0.0481 e. The monoisotopic (exact) mass is 258 g/mol. The van der Waals surface area contributed by atoms with Crippen LogP contribution in [0.4, 0.5) is 0 Å². The van der Waals surface area contributed by atoms with Crippen molar-refractivity contribution in [2.24, 2.45) is 5.92 Å². The van der Waals surface area contributed by atoms with Crippen molar-refractivity contribution in [3.8, 4) is 0 Å². The Hall–Kier alpha value is -0.0800. The highest BCUT2D eigenvalue weighted by Gasteiger charge is 2.04. The zero-order chi connectivity index (χ0) is 13.5. The molecular formula is C16H34O2. The largest absolute Gasteiger partial charge is 0.396 e. The molecule has 0 radical (unpaired) electrons. The van der Waals surface area contributed by atoms with Crippen molar-refractivity contribution < 1.29 is 10.2 Å². The van der Waals surface area contributed by atoms with Crippen LogP contribution in [-0.2, 0) is 0 Å². The number of hydrogen-bond donors (Lipinski definition) is 2. The lowest BCUT2D eigenvalue weighted by Crippen LogP contribution is -2.10. The molecule has 0 unspecified atom stereocenters. The van der Waals surface area contributed by atoms with Crippen LogP contribution >= 0.6 is 0 Å². The molecule has 0 fully saturated rings. The third-order valence-electron chi connectivity index (χ3n) is 3.73. The summed E-state index contributed by atoms with van der Waals surface area (Å²) in [5.74, 6) is 0.114. The first-order valence-electron chi connectivity index (χ1n) is 8.06. The molecule has 110 valence electrons. The maximum atomic E-state index is 8.93. The summed E-state index contributed by atoms with van der Waals surface area (Å²) in [4.78, 5) is 0. The van der Waals surface area contributed by atoms with E-state index in [1.807, 2.05) is 0 Å². The van der Waals surface area contributed by atoms with E-state index in [1.54, 1.807) is 0 Å². The van der Waals surface area contributed by atoms with E-state index in [0.29, 0.717) is 0 Å². The van der Waals surface area contributed by atoms with E-state index in [4.69, 9.17) is 10.2 Å². The minimum absolute atomic E-state index is 0.114. The van der Waals surface area contributed by atoms with Crippen LogP contribution < -0.4 is 0 Å². The third-order valence-corrected chi connectivity index (χ3v) is 3.73. The molecule has 0 aliphatic carbocycles. The van der Waals surface area contributed by atoms with Crippen LogP contribution in [0.3, 0.4) is 0 Å². The van der Waals surface area contributed by atoms with Gasteiger partial charge >= 0.3 is 0 Å².